The number of sulfone groups is 1. The van der Waals surface area contributed by atoms with E-state index in [-0.39, 0.29) is 16.2 Å². The van der Waals surface area contributed by atoms with Crippen molar-refractivity contribution in [2.45, 2.75) is 18.0 Å². The third-order valence-electron chi connectivity index (χ3n) is 4.09. The van der Waals surface area contributed by atoms with Gasteiger partial charge in [0.2, 0.25) is 0 Å². The van der Waals surface area contributed by atoms with Crippen LogP contribution in [0.1, 0.15) is 12.6 Å². The van der Waals surface area contributed by atoms with E-state index in [4.69, 9.17) is 0 Å². The molecule has 28 heavy (non-hydrogen) atoms. The zero-order valence-corrected chi connectivity index (χ0v) is 15.9. The minimum atomic E-state index is -4.64. The van der Waals surface area contributed by atoms with Crippen LogP contribution in [-0.2, 0) is 16.0 Å². The Morgan fingerprint density at radius 3 is 2.07 bits per heavy atom. The lowest BCUT2D eigenvalue weighted by molar-refractivity contribution is -0.142. The lowest BCUT2D eigenvalue weighted by Crippen LogP contribution is -2.12. The summed E-state index contributed by atoms with van der Waals surface area (Å²) >= 11 is 0. The summed E-state index contributed by atoms with van der Waals surface area (Å²) in [6.07, 6.45) is -0.861. The molecular weight excluding hydrogens is 389 g/mol. The molecule has 0 unspecified atom stereocenters. The Morgan fingerprint density at radius 1 is 0.964 bits per heavy atom. The van der Waals surface area contributed by atoms with Crippen molar-refractivity contribution in [3.05, 3.63) is 66.4 Å². The van der Waals surface area contributed by atoms with E-state index in [1.165, 1.54) is 36.5 Å². The number of hydrogen-bond donors (Lipinski definition) is 0. The van der Waals surface area contributed by atoms with E-state index in [1.54, 1.807) is 37.3 Å². The van der Waals surface area contributed by atoms with Crippen molar-refractivity contribution in [1.29, 1.82) is 0 Å². The summed E-state index contributed by atoms with van der Waals surface area (Å²) in [5.41, 5.74) is -0.0678. The summed E-state index contributed by atoms with van der Waals surface area (Å²) in [7, 11) is -3.42. The largest absolute Gasteiger partial charge is 0.434 e. The van der Waals surface area contributed by atoms with Crippen LogP contribution >= 0.6 is 0 Å². The lowest BCUT2D eigenvalue weighted by atomic mass is 9.98. The first-order chi connectivity index (χ1) is 13.1. The maximum atomic E-state index is 13.9. The average molecular weight is 406 g/mol. The number of rotatable bonds is 4. The topological polar surface area (TPSA) is 52.0 Å². The van der Waals surface area contributed by atoms with E-state index in [1.807, 2.05) is 0 Å². The number of hydrogen-bond acceptors (Lipinski definition) is 3. The second-order valence-electron chi connectivity index (χ2n) is 6.16. The number of allylic oxidation sites excluding steroid dienone is 1. The monoisotopic (exact) mass is 406 g/mol. The summed E-state index contributed by atoms with van der Waals surface area (Å²) in [5, 5.41) is 4.17. The predicted octanol–water partition coefficient (Wildman–Crippen LogP) is 5.13. The molecule has 0 bridgehead atoms. The van der Waals surface area contributed by atoms with Crippen molar-refractivity contribution < 1.29 is 21.6 Å². The van der Waals surface area contributed by atoms with Crippen LogP contribution in [0.25, 0.3) is 28.6 Å². The smallest absolute Gasteiger partial charge is 0.235 e. The maximum absolute atomic E-state index is 13.9. The van der Waals surface area contributed by atoms with Crippen molar-refractivity contribution in [2.24, 2.45) is 0 Å². The van der Waals surface area contributed by atoms with Gasteiger partial charge in [0.05, 0.1) is 4.90 Å². The molecule has 0 aliphatic carbocycles. The Morgan fingerprint density at radius 2 is 1.57 bits per heavy atom. The molecule has 1 heterocycles. The second kappa shape index (κ2) is 7.27. The molecule has 8 heteroatoms. The molecule has 0 radical (unpaired) electrons. The van der Waals surface area contributed by atoms with Crippen LogP contribution in [0, 0.1) is 0 Å². The van der Waals surface area contributed by atoms with Crippen LogP contribution in [0.2, 0.25) is 0 Å². The van der Waals surface area contributed by atoms with E-state index in [9.17, 15) is 21.6 Å². The SMILES string of the molecule is CC=Cn1nc(-c2ccc(S(C)(=O)=O)cc2)c(-c2ccccc2)c1C(F)(F)F. The fraction of sp³-hybridized carbons (Fsp3) is 0.150. The van der Waals surface area contributed by atoms with E-state index < -0.39 is 21.7 Å². The van der Waals surface area contributed by atoms with Gasteiger partial charge < -0.3 is 0 Å². The Balaban J connectivity index is 2.32. The lowest BCUT2D eigenvalue weighted by Gasteiger charge is -2.11. The molecule has 0 spiro atoms. The predicted molar refractivity (Wildman–Crippen MR) is 102 cm³/mol. The molecular formula is C20H17F3N2O2S. The minimum Gasteiger partial charge on any atom is -0.235 e. The highest BCUT2D eigenvalue weighted by atomic mass is 32.2. The molecule has 3 aromatic rings. The van der Waals surface area contributed by atoms with E-state index in [2.05, 4.69) is 5.10 Å². The molecule has 4 nitrogen and oxygen atoms in total. The van der Waals surface area contributed by atoms with Crippen LogP contribution in [0.4, 0.5) is 13.2 Å². The van der Waals surface area contributed by atoms with Crippen LogP contribution in [0.3, 0.4) is 0 Å². The van der Waals surface area contributed by atoms with Gasteiger partial charge in [0.1, 0.15) is 5.69 Å². The van der Waals surface area contributed by atoms with Crippen LogP contribution in [0.5, 0.6) is 0 Å². The van der Waals surface area contributed by atoms with Crippen LogP contribution in [0.15, 0.2) is 65.6 Å². The summed E-state index contributed by atoms with van der Waals surface area (Å²) < 4.78 is 65.8. The first-order valence-corrected chi connectivity index (χ1v) is 10.2. The van der Waals surface area contributed by atoms with Gasteiger partial charge in [-0.15, -0.1) is 0 Å². The van der Waals surface area contributed by atoms with Gasteiger partial charge in [-0.05, 0) is 24.6 Å². The molecule has 2 aromatic carbocycles. The highest BCUT2D eigenvalue weighted by molar-refractivity contribution is 7.90. The molecule has 0 aliphatic rings. The van der Waals surface area contributed by atoms with Gasteiger partial charge in [-0.1, -0.05) is 48.5 Å². The van der Waals surface area contributed by atoms with Gasteiger partial charge in [-0.2, -0.15) is 18.3 Å². The summed E-state index contributed by atoms with van der Waals surface area (Å²) in [4.78, 5) is 0.0847. The summed E-state index contributed by atoms with van der Waals surface area (Å²) in [6, 6.07) is 13.8. The molecule has 0 aliphatic heterocycles. The third kappa shape index (κ3) is 3.87. The Bertz CT molecular complexity index is 1110. The molecule has 1 aromatic heterocycles. The quantitative estimate of drug-likeness (QED) is 0.604. The van der Waals surface area contributed by atoms with Crippen molar-refractivity contribution in [3.8, 4) is 22.4 Å². The summed E-state index contributed by atoms with van der Waals surface area (Å²) in [6.45, 7) is 1.60. The second-order valence-corrected chi connectivity index (χ2v) is 8.18. The van der Waals surface area contributed by atoms with Crippen LogP contribution < -0.4 is 0 Å². The zero-order valence-electron chi connectivity index (χ0n) is 15.1. The van der Waals surface area contributed by atoms with Crippen LogP contribution in [-0.4, -0.2) is 24.5 Å². The number of aromatic nitrogens is 2. The Hall–Kier alpha value is -2.87. The Labute approximate surface area is 160 Å². The van der Waals surface area contributed by atoms with Gasteiger partial charge >= 0.3 is 6.18 Å². The van der Waals surface area contributed by atoms with Crippen molar-refractivity contribution in [3.63, 3.8) is 0 Å². The van der Waals surface area contributed by atoms with Gasteiger partial charge in [-0.3, -0.25) is 0 Å². The van der Waals surface area contributed by atoms with Crippen molar-refractivity contribution in [1.82, 2.24) is 9.78 Å². The molecule has 0 atom stereocenters. The molecule has 3 rings (SSSR count). The van der Waals surface area contributed by atoms with Gasteiger partial charge in [0, 0.05) is 23.6 Å². The normalized spacial score (nSPS) is 12.6. The van der Waals surface area contributed by atoms with Crippen molar-refractivity contribution >= 4 is 16.0 Å². The number of alkyl halides is 3. The zero-order chi connectivity index (χ0) is 20.5. The maximum Gasteiger partial charge on any atom is 0.434 e. The minimum absolute atomic E-state index is 0.0571. The number of halogens is 3. The average Bonchev–Trinajstić information content (AvgIpc) is 3.02. The fourth-order valence-electron chi connectivity index (χ4n) is 2.90. The van der Waals surface area contributed by atoms with Gasteiger partial charge in [0.25, 0.3) is 0 Å². The fourth-order valence-corrected chi connectivity index (χ4v) is 3.53. The van der Waals surface area contributed by atoms with Gasteiger partial charge in [-0.25, -0.2) is 13.1 Å². The number of nitrogens with zero attached hydrogens (tertiary/aromatic N) is 2. The molecule has 0 fully saturated rings. The summed E-state index contributed by atoms with van der Waals surface area (Å²) in [5.74, 6) is 0. The molecule has 0 saturated heterocycles. The third-order valence-corrected chi connectivity index (χ3v) is 5.22. The van der Waals surface area contributed by atoms with E-state index in [0.717, 1.165) is 10.9 Å². The molecule has 0 saturated carbocycles. The first kappa shape index (κ1) is 19.9. The highest BCUT2D eigenvalue weighted by Gasteiger charge is 2.40. The molecule has 146 valence electrons. The highest BCUT2D eigenvalue weighted by Crippen LogP contribution is 2.42. The van der Waals surface area contributed by atoms with E-state index >= 15 is 0 Å². The van der Waals surface area contributed by atoms with Crippen molar-refractivity contribution in [2.75, 3.05) is 6.26 Å². The Kier molecular flexibility index (Phi) is 5.16. The first-order valence-electron chi connectivity index (χ1n) is 8.31. The molecule has 0 amide bonds. The number of benzene rings is 2. The standard InChI is InChI=1S/C20H17F3N2O2S/c1-3-13-25-19(20(21,22)23)17(14-7-5-4-6-8-14)18(24-25)15-9-11-16(12-10-15)28(2,26)27/h3-13H,1-2H3. The van der Waals surface area contributed by atoms with Gasteiger partial charge in [0.15, 0.2) is 15.5 Å². The molecule has 0 N–H and O–H groups in total. The van der Waals surface area contributed by atoms with E-state index in [0.29, 0.717) is 11.1 Å².